The second-order valence-electron chi connectivity index (χ2n) is 3.91. The van der Waals surface area contributed by atoms with Crippen molar-refractivity contribution in [2.75, 3.05) is 26.3 Å². The van der Waals surface area contributed by atoms with E-state index >= 15 is 0 Å². The van der Waals surface area contributed by atoms with Crippen molar-refractivity contribution in [1.29, 1.82) is 0 Å². The Morgan fingerprint density at radius 3 is 3.06 bits per heavy atom. The van der Waals surface area contributed by atoms with Crippen LogP contribution in [0, 0.1) is 6.92 Å². The molecule has 96 valence electrons. The van der Waals surface area contributed by atoms with Crippen molar-refractivity contribution in [3.8, 4) is 0 Å². The number of hydrogen-bond acceptors (Lipinski definition) is 5. The van der Waals surface area contributed by atoms with Gasteiger partial charge in [0.05, 0.1) is 19.4 Å². The van der Waals surface area contributed by atoms with Crippen molar-refractivity contribution >= 4 is 10.0 Å². The summed E-state index contributed by atoms with van der Waals surface area (Å²) < 4.78 is 31.4. The van der Waals surface area contributed by atoms with Crippen LogP contribution in [0.3, 0.4) is 0 Å². The van der Waals surface area contributed by atoms with Gasteiger partial charge >= 0.3 is 0 Å². The monoisotopic (exact) mass is 260 g/mol. The van der Waals surface area contributed by atoms with Crippen LogP contribution in [-0.4, -0.2) is 50.7 Å². The van der Waals surface area contributed by atoms with Crippen LogP contribution in [0.5, 0.6) is 0 Å². The molecule has 0 radical (unpaired) electrons. The Kier molecular flexibility index (Phi) is 3.77. The lowest BCUT2D eigenvalue weighted by atomic mass is 10.3. The lowest BCUT2D eigenvalue weighted by Crippen LogP contribution is -2.48. The van der Waals surface area contributed by atoms with Gasteiger partial charge in [-0.05, 0) is 6.92 Å². The number of aromatic amines is 1. The van der Waals surface area contributed by atoms with E-state index in [0.717, 1.165) is 6.54 Å². The van der Waals surface area contributed by atoms with E-state index < -0.39 is 10.0 Å². The number of morpholine rings is 1. The van der Waals surface area contributed by atoms with Crippen LogP contribution < -0.4 is 10.0 Å². The zero-order valence-electron chi connectivity index (χ0n) is 9.56. The number of H-pyrrole nitrogens is 1. The molecule has 7 nitrogen and oxygen atoms in total. The van der Waals surface area contributed by atoms with Crippen molar-refractivity contribution in [3.63, 3.8) is 0 Å². The van der Waals surface area contributed by atoms with Gasteiger partial charge in [-0.2, -0.15) is 0 Å². The van der Waals surface area contributed by atoms with E-state index in [9.17, 15) is 8.42 Å². The minimum atomic E-state index is -3.50. The molecule has 0 bridgehead atoms. The molecule has 1 atom stereocenters. The highest BCUT2D eigenvalue weighted by Crippen LogP contribution is 2.04. The molecule has 0 saturated carbocycles. The van der Waals surface area contributed by atoms with Crippen LogP contribution in [0.25, 0.3) is 0 Å². The van der Waals surface area contributed by atoms with Crippen LogP contribution >= 0.6 is 0 Å². The first kappa shape index (κ1) is 12.5. The van der Waals surface area contributed by atoms with Gasteiger partial charge < -0.3 is 15.0 Å². The second kappa shape index (κ2) is 5.13. The molecule has 3 N–H and O–H groups in total. The predicted molar refractivity (Wildman–Crippen MR) is 61.1 cm³/mol. The second-order valence-corrected chi connectivity index (χ2v) is 5.65. The van der Waals surface area contributed by atoms with E-state index in [1.54, 1.807) is 6.92 Å². The highest BCUT2D eigenvalue weighted by atomic mass is 32.2. The Hall–Kier alpha value is -0.960. The predicted octanol–water partition coefficient (Wildman–Crippen LogP) is -1.02. The summed E-state index contributed by atoms with van der Waals surface area (Å²) in [6.45, 7) is 3.94. The van der Waals surface area contributed by atoms with E-state index in [2.05, 4.69) is 20.0 Å². The molecule has 17 heavy (non-hydrogen) atoms. The van der Waals surface area contributed by atoms with Gasteiger partial charge in [0.1, 0.15) is 5.82 Å². The molecule has 0 spiro atoms. The van der Waals surface area contributed by atoms with Crippen molar-refractivity contribution in [3.05, 3.63) is 12.0 Å². The summed E-state index contributed by atoms with van der Waals surface area (Å²) in [6.07, 6.45) is 1.31. The number of aromatic nitrogens is 2. The van der Waals surface area contributed by atoms with Gasteiger partial charge in [-0.15, -0.1) is 0 Å². The number of sulfonamides is 1. The van der Waals surface area contributed by atoms with Gasteiger partial charge in [-0.1, -0.05) is 0 Å². The third-order valence-corrected chi connectivity index (χ3v) is 3.82. The lowest BCUT2D eigenvalue weighted by molar-refractivity contribution is 0.0784. The lowest BCUT2D eigenvalue weighted by Gasteiger charge is -2.23. The molecule has 8 heteroatoms. The number of aryl methyl sites for hydroxylation is 1. The van der Waals surface area contributed by atoms with Gasteiger partial charge in [-0.25, -0.2) is 18.1 Å². The maximum atomic E-state index is 11.8. The molecule has 1 aliphatic heterocycles. The Balaban J connectivity index is 1.93. The molecule has 1 aromatic heterocycles. The van der Waals surface area contributed by atoms with Gasteiger partial charge in [-0.3, -0.25) is 0 Å². The summed E-state index contributed by atoms with van der Waals surface area (Å²) in [4.78, 5) is 6.55. The van der Waals surface area contributed by atoms with Crippen molar-refractivity contribution < 1.29 is 13.2 Å². The summed E-state index contributed by atoms with van der Waals surface area (Å²) in [5.74, 6) is 0.574. The Bertz CT molecular complexity index is 464. The molecule has 1 aromatic rings. The molecule has 1 fully saturated rings. The highest BCUT2D eigenvalue weighted by molar-refractivity contribution is 7.89. The van der Waals surface area contributed by atoms with Crippen LogP contribution in [0.4, 0.5) is 0 Å². The fourth-order valence-electron chi connectivity index (χ4n) is 1.57. The zero-order valence-corrected chi connectivity index (χ0v) is 10.4. The Morgan fingerprint density at radius 1 is 1.65 bits per heavy atom. The third-order valence-electron chi connectivity index (χ3n) is 2.49. The van der Waals surface area contributed by atoms with E-state index in [0.29, 0.717) is 25.6 Å². The van der Waals surface area contributed by atoms with Gasteiger partial charge in [0.2, 0.25) is 0 Å². The first-order chi connectivity index (χ1) is 8.08. The largest absolute Gasteiger partial charge is 0.378 e. The van der Waals surface area contributed by atoms with E-state index in [1.807, 2.05) is 0 Å². The standard InChI is InChI=1S/C9H16N4O3S/c1-7-11-5-9(13-7)17(14,15)12-4-8-6-16-3-2-10-8/h5,8,10,12H,2-4,6H2,1H3,(H,11,13). The number of rotatable bonds is 4. The first-order valence-corrected chi connectivity index (χ1v) is 6.88. The molecular formula is C9H16N4O3S. The fourth-order valence-corrected chi connectivity index (χ4v) is 2.62. The molecule has 1 aliphatic rings. The maximum Gasteiger partial charge on any atom is 0.257 e. The SMILES string of the molecule is Cc1ncc(S(=O)(=O)NCC2COCCN2)[nH]1. The normalized spacial score (nSPS) is 21.6. The summed E-state index contributed by atoms with van der Waals surface area (Å²) in [5.41, 5.74) is 0. The van der Waals surface area contributed by atoms with E-state index in [-0.39, 0.29) is 11.1 Å². The minimum Gasteiger partial charge on any atom is -0.378 e. The smallest absolute Gasteiger partial charge is 0.257 e. The quantitative estimate of drug-likeness (QED) is 0.644. The van der Waals surface area contributed by atoms with Crippen molar-refractivity contribution in [2.45, 2.75) is 18.0 Å². The molecule has 2 rings (SSSR count). The van der Waals surface area contributed by atoms with Crippen LogP contribution in [0.15, 0.2) is 11.2 Å². The highest BCUT2D eigenvalue weighted by Gasteiger charge is 2.19. The Morgan fingerprint density at radius 2 is 2.47 bits per heavy atom. The fraction of sp³-hybridized carbons (Fsp3) is 0.667. The number of hydrogen-bond donors (Lipinski definition) is 3. The van der Waals surface area contributed by atoms with E-state index in [1.165, 1.54) is 6.20 Å². The third kappa shape index (κ3) is 3.25. The molecule has 1 saturated heterocycles. The van der Waals surface area contributed by atoms with Crippen LogP contribution in [-0.2, 0) is 14.8 Å². The van der Waals surface area contributed by atoms with Gasteiger partial charge in [0.25, 0.3) is 10.0 Å². The number of ether oxygens (including phenoxy) is 1. The number of imidazole rings is 1. The van der Waals surface area contributed by atoms with Gasteiger partial charge in [0, 0.05) is 19.1 Å². The summed E-state index contributed by atoms with van der Waals surface area (Å²) in [5, 5.41) is 3.26. The van der Waals surface area contributed by atoms with Crippen molar-refractivity contribution in [1.82, 2.24) is 20.0 Å². The zero-order chi connectivity index (χ0) is 12.3. The topological polar surface area (TPSA) is 96.1 Å². The molecule has 1 unspecified atom stereocenters. The van der Waals surface area contributed by atoms with E-state index in [4.69, 9.17) is 4.74 Å². The minimum absolute atomic E-state index is 0.0162. The molecular weight excluding hydrogens is 244 g/mol. The summed E-state index contributed by atoms with van der Waals surface area (Å²) >= 11 is 0. The molecule has 0 aromatic carbocycles. The van der Waals surface area contributed by atoms with Crippen molar-refractivity contribution in [2.24, 2.45) is 0 Å². The summed E-state index contributed by atoms with van der Waals surface area (Å²) in [7, 11) is -3.50. The first-order valence-electron chi connectivity index (χ1n) is 5.40. The molecule has 0 aliphatic carbocycles. The average Bonchev–Trinajstić information content (AvgIpc) is 2.76. The van der Waals surface area contributed by atoms with Crippen LogP contribution in [0.1, 0.15) is 5.82 Å². The number of nitrogens with zero attached hydrogens (tertiary/aromatic N) is 1. The van der Waals surface area contributed by atoms with Crippen LogP contribution in [0.2, 0.25) is 0 Å². The number of nitrogens with one attached hydrogen (secondary N) is 3. The Labute approximate surface area is 100 Å². The summed E-state index contributed by atoms with van der Waals surface area (Å²) in [6, 6.07) is 0.0162. The van der Waals surface area contributed by atoms with Gasteiger partial charge in [0.15, 0.2) is 5.03 Å². The molecule has 0 amide bonds. The maximum absolute atomic E-state index is 11.8. The molecule has 2 heterocycles. The average molecular weight is 260 g/mol.